The molecule has 2 saturated heterocycles. The molecule has 0 aromatic rings. The van der Waals surface area contributed by atoms with E-state index in [1.54, 1.807) is 0 Å². The summed E-state index contributed by atoms with van der Waals surface area (Å²) in [5.41, 5.74) is 5.98. The molecule has 4 unspecified atom stereocenters. The van der Waals surface area contributed by atoms with Crippen molar-refractivity contribution in [1.29, 1.82) is 0 Å². The van der Waals surface area contributed by atoms with Gasteiger partial charge in [-0.05, 0) is 32.1 Å². The topological polar surface area (TPSA) is 53.7 Å². The lowest BCUT2D eigenvalue weighted by Crippen LogP contribution is -2.45. The second-order valence-corrected chi connectivity index (χ2v) is 6.13. The SMILES string of the molecule is NC1CCCC(OC2CCOC3(CCOC3)C2)C1. The van der Waals surface area contributed by atoms with E-state index in [0.29, 0.717) is 18.2 Å². The predicted molar refractivity (Wildman–Crippen MR) is 68.5 cm³/mol. The summed E-state index contributed by atoms with van der Waals surface area (Å²) < 4.78 is 17.7. The van der Waals surface area contributed by atoms with E-state index >= 15 is 0 Å². The number of hydrogen-bond acceptors (Lipinski definition) is 4. The Kier molecular flexibility index (Phi) is 3.89. The van der Waals surface area contributed by atoms with Gasteiger partial charge in [0.15, 0.2) is 0 Å². The smallest absolute Gasteiger partial charge is 0.0961 e. The molecule has 4 atom stereocenters. The Bertz CT molecular complexity index is 278. The summed E-state index contributed by atoms with van der Waals surface area (Å²) in [6, 6.07) is 0.340. The maximum atomic E-state index is 6.27. The highest BCUT2D eigenvalue weighted by Crippen LogP contribution is 2.35. The molecule has 1 aliphatic carbocycles. The standard InChI is InChI=1S/C14H25NO3/c15-11-2-1-3-12(8-11)18-13-4-6-17-14(9-13)5-7-16-10-14/h11-13H,1-10,15H2. The minimum Gasteiger partial charge on any atom is -0.378 e. The van der Waals surface area contributed by atoms with Crippen molar-refractivity contribution in [3.8, 4) is 0 Å². The van der Waals surface area contributed by atoms with Crippen molar-refractivity contribution in [2.45, 2.75) is 68.8 Å². The number of hydrogen-bond donors (Lipinski definition) is 1. The van der Waals surface area contributed by atoms with Gasteiger partial charge in [-0.3, -0.25) is 0 Å². The van der Waals surface area contributed by atoms with Crippen LogP contribution in [0.1, 0.15) is 44.9 Å². The molecule has 4 nitrogen and oxygen atoms in total. The first-order valence-corrected chi connectivity index (χ1v) is 7.39. The minimum absolute atomic E-state index is 0.0420. The molecule has 2 heterocycles. The van der Waals surface area contributed by atoms with Gasteiger partial charge in [0, 0.05) is 32.1 Å². The Morgan fingerprint density at radius 1 is 1.11 bits per heavy atom. The Balaban J connectivity index is 1.52. The summed E-state index contributed by atoms with van der Waals surface area (Å²) in [4.78, 5) is 0. The van der Waals surface area contributed by atoms with E-state index in [0.717, 1.165) is 51.9 Å². The molecular weight excluding hydrogens is 230 g/mol. The maximum absolute atomic E-state index is 6.27. The van der Waals surface area contributed by atoms with Gasteiger partial charge >= 0.3 is 0 Å². The summed E-state index contributed by atoms with van der Waals surface area (Å²) >= 11 is 0. The molecule has 3 rings (SSSR count). The highest BCUT2D eigenvalue weighted by molar-refractivity contribution is 4.91. The van der Waals surface area contributed by atoms with Crippen LogP contribution >= 0.6 is 0 Å². The first-order valence-electron chi connectivity index (χ1n) is 7.39. The van der Waals surface area contributed by atoms with Gasteiger partial charge in [-0.2, -0.15) is 0 Å². The molecule has 2 N–H and O–H groups in total. The van der Waals surface area contributed by atoms with Crippen LogP contribution in [0.15, 0.2) is 0 Å². The molecule has 18 heavy (non-hydrogen) atoms. The largest absolute Gasteiger partial charge is 0.378 e. The van der Waals surface area contributed by atoms with E-state index in [9.17, 15) is 0 Å². The van der Waals surface area contributed by atoms with Gasteiger partial charge < -0.3 is 19.9 Å². The Morgan fingerprint density at radius 2 is 2.06 bits per heavy atom. The number of ether oxygens (including phenoxy) is 3. The number of nitrogens with two attached hydrogens (primary N) is 1. The second kappa shape index (κ2) is 5.45. The van der Waals surface area contributed by atoms with Crippen molar-refractivity contribution in [3.63, 3.8) is 0 Å². The fourth-order valence-electron chi connectivity index (χ4n) is 3.54. The zero-order valence-electron chi connectivity index (χ0n) is 11.1. The number of rotatable bonds is 2. The van der Waals surface area contributed by atoms with Crippen molar-refractivity contribution in [2.75, 3.05) is 19.8 Å². The van der Waals surface area contributed by atoms with Crippen molar-refractivity contribution < 1.29 is 14.2 Å². The van der Waals surface area contributed by atoms with E-state index in [4.69, 9.17) is 19.9 Å². The van der Waals surface area contributed by atoms with Crippen molar-refractivity contribution in [3.05, 3.63) is 0 Å². The van der Waals surface area contributed by atoms with Gasteiger partial charge in [0.25, 0.3) is 0 Å². The zero-order chi connectivity index (χ0) is 12.4. The maximum Gasteiger partial charge on any atom is 0.0961 e. The molecule has 0 radical (unpaired) electrons. The lowest BCUT2D eigenvalue weighted by molar-refractivity contribution is -0.151. The van der Waals surface area contributed by atoms with E-state index < -0.39 is 0 Å². The van der Waals surface area contributed by atoms with Crippen molar-refractivity contribution in [2.24, 2.45) is 5.73 Å². The van der Waals surface area contributed by atoms with Crippen LogP contribution in [-0.4, -0.2) is 43.7 Å². The molecule has 0 aromatic carbocycles. The monoisotopic (exact) mass is 255 g/mol. The summed E-state index contributed by atoms with van der Waals surface area (Å²) in [5, 5.41) is 0. The summed E-state index contributed by atoms with van der Waals surface area (Å²) in [5.74, 6) is 0. The van der Waals surface area contributed by atoms with Crippen LogP contribution in [0.5, 0.6) is 0 Å². The van der Waals surface area contributed by atoms with Gasteiger partial charge in [0.1, 0.15) is 0 Å². The van der Waals surface area contributed by atoms with E-state index in [1.165, 1.54) is 12.8 Å². The fraction of sp³-hybridized carbons (Fsp3) is 1.00. The summed E-state index contributed by atoms with van der Waals surface area (Å²) in [7, 11) is 0. The predicted octanol–water partition coefficient (Wildman–Crippen LogP) is 1.61. The zero-order valence-corrected chi connectivity index (χ0v) is 11.1. The third-order valence-electron chi connectivity index (χ3n) is 4.57. The van der Waals surface area contributed by atoms with Crippen LogP contribution in [0.3, 0.4) is 0 Å². The molecule has 2 aliphatic heterocycles. The molecule has 1 saturated carbocycles. The normalized spacial score (nSPS) is 45.5. The third-order valence-corrected chi connectivity index (χ3v) is 4.57. The molecular formula is C14H25NO3. The molecule has 0 aromatic heterocycles. The average molecular weight is 255 g/mol. The first kappa shape index (κ1) is 12.9. The van der Waals surface area contributed by atoms with E-state index in [-0.39, 0.29) is 5.60 Å². The molecule has 1 spiro atoms. The average Bonchev–Trinajstić information content (AvgIpc) is 2.77. The van der Waals surface area contributed by atoms with Gasteiger partial charge in [-0.1, -0.05) is 0 Å². The molecule has 4 heteroatoms. The molecule has 3 aliphatic rings. The van der Waals surface area contributed by atoms with Gasteiger partial charge in [0.2, 0.25) is 0 Å². The molecule has 0 amide bonds. The van der Waals surface area contributed by atoms with E-state index in [1.807, 2.05) is 0 Å². The highest BCUT2D eigenvalue weighted by Gasteiger charge is 2.42. The Morgan fingerprint density at radius 3 is 2.83 bits per heavy atom. The van der Waals surface area contributed by atoms with Gasteiger partial charge in [-0.15, -0.1) is 0 Å². The van der Waals surface area contributed by atoms with Crippen LogP contribution in [0.25, 0.3) is 0 Å². The van der Waals surface area contributed by atoms with Crippen LogP contribution in [0.2, 0.25) is 0 Å². The molecule has 104 valence electrons. The summed E-state index contributed by atoms with van der Waals surface area (Å²) in [6.45, 7) is 2.39. The van der Waals surface area contributed by atoms with Gasteiger partial charge in [0.05, 0.1) is 24.4 Å². The quantitative estimate of drug-likeness (QED) is 0.814. The lowest BCUT2D eigenvalue weighted by atomic mass is 9.90. The molecule has 0 bridgehead atoms. The van der Waals surface area contributed by atoms with Crippen LogP contribution in [0, 0.1) is 0 Å². The third kappa shape index (κ3) is 2.87. The van der Waals surface area contributed by atoms with E-state index in [2.05, 4.69) is 0 Å². The highest BCUT2D eigenvalue weighted by atomic mass is 16.6. The first-order chi connectivity index (χ1) is 8.76. The second-order valence-electron chi connectivity index (χ2n) is 6.13. The lowest BCUT2D eigenvalue weighted by Gasteiger charge is -2.39. The Labute approximate surface area is 109 Å². The minimum atomic E-state index is -0.0420. The van der Waals surface area contributed by atoms with Crippen LogP contribution < -0.4 is 5.73 Å². The summed E-state index contributed by atoms with van der Waals surface area (Å²) in [6.07, 6.45) is 8.33. The fourth-order valence-corrected chi connectivity index (χ4v) is 3.54. The Hall–Kier alpha value is -0.160. The van der Waals surface area contributed by atoms with Crippen molar-refractivity contribution >= 4 is 0 Å². The van der Waals surface area contributed by atoms with Crippen LogP contribution in [-0.2, 0) is 14.2 Å². The van der Waals surface area contributed by atoms with Crippen molar-refractivity contribution in [1.82, 2.24) is 0 Å². The van der Waals surface area contributed by atoms with Crippen LogP contribution in [0.4, 0.5) is 0 Å². The molecule has 3 fully saturated rings. The van der Waals surface area contributed by atoms with Gasteiger partial charge in [-0.25, -0.2) is 0 Å².